The maximum atomic E-state index is 11.8. The van der Waals surface area contributed by atoms with E-state index < -0.39 is 0 Å². The minimum atomic E-state index is -0.127. The SMILES string of the molecule is CN(C)CCN(C)C(=O)Nc1cccc(N)c1. The first-order valence-electron chi connectivity index (χ1n) is 5.51. The van der Waals surface area contributed by atoms with Crippen molar-refractivity contribution in [1.82, 2.24) is 9.80 Å². The lowest BCUT2D eigenvalue weighted by molar-refractivity contribution is 0.217. The zero-order valence-corrected chi connectivity index (χ0v) is 10.6. The Morgan fingerprint density at radius 1 is 1.29 bits per heavy atom. The quantitative estimate of drug-likeness (QED) is 0.774. The van der Waals surface area contributed by atoms with Crippen LogP contribution in [0.3, 0.4) is 0 Å². The second-order valence-corrected chi connectivity index (χ2v) is 4.28. The van der Waals surface area contributed by atoms with Gasteiger partial charge >= 0.3 is 6.03 Å². The van der Waals surface area contributed by atoms with Gasteiger partial charge in [-0.15, -0.1) is 0 Å². The Morgan fingerprint density at radius 3 is 2.59 bits per heavy atom. The predicted molar refractivity (Wildman–Crippen MR) is 71.1 cm³/mol. The number of likely N-dealkylation sites (N-methyl/N-ethyl adjacent to an activating group) is 2. The molecule has 0 unspecified atom stereocenters. The maximum Gasteiger partial charge on any atom is 0.321 e. The molecule has 3 N–H and O–H groups in total. The van der Waals surface area contributed by atoms with Gasteiger partial charge < -0.3 is 20.9 Å². The molecule has 2 amide bonds. The van der Waals surface area contributed by atoms with Crippen molar-refractivity contribution < 1.29 is 4.79 Å². The second-order valence-electron chi connectivity index (χ2n) is 4.28. The molecule has 0 radical (unpaired) electrons. The van der Waals surface area contributed by atoms with Gasteiger partial charge in [-0.1, -0.05) is 6.07 Å². The van der Waals surface area contributed by atoms with Gasteiger partial charge in [0.2, 0.25) is 0 Å². The summed E-state index contributed by atoms with van der Waals surface area (Å²) in [4.78, 5) is 15.5. The highest BCUT2D eigenvalue weighted by Gasteiger charge is 2.08. The molecule has 1 aromatic rings. The Hall–Kier alpha value is -1.75. The van der Waals surface area contributed by atoms with Gasteiger partial charge in [-0.25, -0.2) is 4.79 Å². The number of hydrogen-bond donors (Lipinski definition) is 2. The van der Waals surface area contributed by atoms with Crippen LogP contribution in [0, 0.1) is 0 Å². The van der Waals surface area contributed by atoms with Crippen molar-refractivity contribution in [2.24, 2.45) is 0 Å². The Morgan fingerprint density at radius 2 is 2.00 bits per heavy atom. The molecule has 0 heterocycles. The molecule has 17 heavy (non-hydrogen) atoms. The molecule has 94 valence electrons. The smallest absolute Gasteiger partial charge is 0.321 e. The number of nitrogens with zero attached hydrogens (tertiary/aromatic N) is 2. The predicted octanol–water partition coefficient (Wildman–Crippen LogP) is 1.29. The van der Waals surface area contributed by atoms with Crippen LogP contribution in [-0.4, -0.2) is 50.1 Å². The zero-order valence-electron chi connectivity index (χ0n) is 10.6. The lowest BCUT2D eigenvalue weighted by Gasteiger charge is -2.20. The summed E-state index contributed by atoms with van der Waals surface area (Å²) >= 11 is 0. The Kier molecular flexibility index (Phi) is 4.78. The van der Waals surface area contributed by atoms with Crippen LogP contribution in [0.2, 0.25) is 0 Å². The van der Waals surface area contributed by atoms with Crippen LogP contribution in [-0.2, 0) is 0 Å². The lowest BCUT2D eigenvalue weighted by Crippen LogP contribution is -2.36. The van der Waals surface area contributed by atoms with Crippen molar-refractivity contribution >= 4 is 17.4 Å². The third-order valence-electron chi connectivity index (χ3n) is 2.37. The van der Waals surface area contributed by atoms with Crippen LogP contribution in [0.25, 0.3) is 0 Å². The molecule has 5 heteroatoms. The monoisotopic (exact) mass is 236 g/mol. The molecule has 1 rings (SSSR count). The van der Waals surface area contributed by atoms with Crippen molar-refractivity contribution in [1.29, 1.82) is 0 Å². The molecule has 0 aliphatic rings. The molecule has 0 saturated heterocycles. The summed E-state index contributed by atoms with van der Waals surface area (Å²) in [5, 5.41) is 2.79. The first-order chi connectivity index (χ1) is 7.99. The summed E-state index contributed by atoms with van der Waals surface area (Å²) in [5.74, 6) is 0. The third-order valence-corrected chi connectivity index (χ3v) is 2.37. The number of amides is 2. The van der Waals surface area contributed by atoms with Gasteiger partial charge in [0.25, 0.3) is 0 Å². The Balaban J connectivity index is 2.48. The van der Waals surface area contributed by atoms with Crippen LogP contribution in [0.5, 0.6) is 0 Å². The van der Waals surface area contributed by atoms with E-state index in [1.807, 2.05) is 31.1 Å². The summed E-state index contributed by atoms with van der Waals surface area (Å²) in [7, 11) is 5.72. The average Bonchev–Trinajstić information content (AvgIpc) is 2.25. The molecule has 0 bridgehead atoms. The summed E-state index contributed by atoms with van der Waals surface area (Å²) in [6, 6.07) is 7.01. The fourth-order valence-corrected chi connectivity index (χ4v) is 1.29. The Bertz CT molecular complexity index is 379. The highest BCUT2D eigenvalue weighted by molar-refractivity contribution is 5.89. The molecular weight excluding hydrogens is 216 g/mol. The largest absolute Gasteiger partial charge is 0.399 e. The molecule has 0 aliphatic carbocycles. The van der Waals surface area contributed by atoms with E-state index in [-0.39, 0.29) is 6.03 Å². The maximum absolute atomic E-state index is 11.8. The van der Waals surface area contributed by atoms with E-state index in [9.17, 15) is 4.79 Å². The number of hydrogen-bond acceptors (Lipinski definition) is 3. The molecule has 0 fully saturated rings. The standard InChI is InChI=1S/C12H20N4O/c1-15(2)7-8-16(3)12(17)14-11-6-4-5-10(13)9-11/h4-6,9H,7-8,13H2,1-3H3,(H,14,17). The van der Waals surface area contributed by atoms with E-state index >= 15 is 0 Å². The molecule has 0 spiro atoms. The molecule has 0 saturated carbocycles. The van der Waals surface area contributed by atoms with Gasteiger partial charge in [0.1, 0.15) is 0 Å². The minimum absolute atomic E-state index is 0.127. The number of rotatable bonds is 4. The van der Waals surface area contributed by atoms with Crippen LogP contribution < -0.4 is 11.1 Å². The number of benzene rings is 1. The minimum Gasteiger partial charge on any atom is -0.399 e. The summed E-state index contributed by atoms with van der Waals surface area (Å²) in [6.07, 6.45) is 0. The number of nitrogen functional groups attached to an aromatic ring is 1. The van der Waals surface area contributed by atoms with E-state index in [1.54, 1.807) is 24.1 Å². The van der Waals surface area contributed by atoms with Crippen molar-refractivity contribution in [3.05, 3.63) is 24.3 Å². The van der Waals surface area contributed by atoms with Gasteiger partial charge in [0.05, 0.1) is 0 Å². The number of carbonyl (C=O) groups is 1. The number of anilines is 2. The van der Waals surface area contributed by atoms with Crippen LogP contribution in [0.15, 0.2) is 24.3 Å². The number of nitrogens with one attached hydrogen (secondary N) is 1. The fourth-order valence-electron chi connectivity index (χ4n) is 1.29. The molecule has 5 nitrogen and oxygen atoms in total. The van der Waals surface area contributed by atoms with E-state index in [4.69, 9.17) is 5.73 Å². The first kappa shape index (κ1) is 13.3. The van der Waals surface area contributed by atoms with Crippen molar-refractivity contribution in [3.8, 4) is 0 Å². The van der Waals surface area contributed by atoms with E-state index in [2.05, 4.69) is 5.32 Å². The summed E-state index contributed by atoms with van der Waals surface area (Å²) in [6.45, 7) is 1.52. The van der Waals surface area contributed by atoms with E-state index in [1.165, 1.54) is 0 Å². The molecule has 0 atom stereocenters. The van der Waals surface area contributed by atoms with Crippen LogP contribution >= 0.6 is 0 Å². The van der Waals surface area contributed by atoms with Gasteiger partial charge in [0, 0.05) is 31.5 Å². The third kappa shape index (κ3) is 4.74. The molecular formula is C12H20N4O. The number of urea groups is 1. The normalized spacial score (nSPS) is 10.4. The topological polar surface area (TPSA) is 61.6 Å². The average molecular weight is 236 g/mol. The first-order valence-corrected chi connectivity index (χ1v) is 5.51. The Labute approximate surface area is 102 Å². The molecule has 1 aromatic carbocycles. The van der Waals surface area contributed by atoms with Crippen molar-refractivity contribution in [2.45, 2.75) is 0 Å². The van der Waals surface area contributed by atoms with Crippen LogP contribution in [0.1, 0.15) is 0 Å². The molecule has 0 aliphatic heterocycles. The highest BCUT2D eigenvalue weighted by atomic mass is 16.2. The number of nitrogens with two attached hydrogens (primary N) is 1. The summed E-state index contributed by atoms with van der Waals surface area (Å²) in [5.41, 5.74) is 6.99. The fraction of sp³-hybridized carbons (Fsp3) is 0.417. The van der Waals surface area contributed by atoms with Gasteiger partial charge in [0.15, 0.2) is 0 Å². The van der Waals surface area contributed by atoms with E-state index in [0.717, 1.165) is 6.54 Å². The van der Waals surface area contributed by atoms with Gasteiger partial charge in [-0.05, 0) is 32.3 Å². The zero-order chi connectivity index (χ0) is 12.8. The second kappa shape index (κ2) is 6.10. The summed E-state index contributed by atoms with van der Waals surface area (Å²) < 4.78 is 0. The van der Waals surface area contributed by atoms with Gasteiger partial charge in [-0.2, -0.15) is 0 Å². The van der Waals surface area contributed by atoms with Gasteiger partial charge in [-0.3, -0.25) is 0 Å². The lowest BCUT2D eigenvalue weighted by atomic mass is 10.3. The molecule has 0 aromatic heterocycles. The highest BCUT2D eigenvalue weighted by Crippen LogP contribution is 2.12. The van der Waals surface area contributed by atoms with Crippen LogP contribution in [0.4, 0.5) is 16.2 Å². The van der Waals surface area contributed by atoms with Crippen molar-refractivity contribution in [3.63, 3.8) is 0 Å². The van der Waals surface area contributed by atoms with E-state index in [0.29, 0.717) is 17.9 Å². The van der Waals surface area contributed by atoms with Crippen molar-refractivity contribution in [2.75, 3.05) is 45.3 Å². The number of carbonyl (C=O) groups excluding carboxylic acids is 1.